The van der Waals surface area contributed by atoms with Crippen molar-refractivity contribution in [1.29, 1.82) is 0 Å². The molecule has 5 fully saturated rings. The molecule has 52 nitrogen and oxygen atoms in total. The molecular weight excluding hydrogens is 1450 g/mol. The van der Waals surface area contributed by atoms with Gasteiger partial charge in [0.25, 0.3) is 0 Å². The summed E-state index contributed by atoms with van der Waals surface area (Å²) in [5.74, 6) is -5.99. The fraction of sp³-hybridized carbons (Fsp3) is 0.935. The van der Waals surface area contributed by atoms with E-state index in [-0.39, 0.29) is 0 Å². The minimum Gasteiger partial charge on any atom is -0.479 e. The number of rotatable bonds is 30. The number of nitrogens with one attached hydrogen (secondary N) is 3. The lowest BCUT2D eigenvalue weighted by molar-refractivity contribution is -0.373. The van der Waals surface area contributed by atoms with Crippen LogP contribution in [0.15, 0.2) is 0 Å². The molecule has 5 aliphatic heterocycles. The van der Waals surface area contributed by atoms with E-state index in [2.05, 4.69) is 30.4 Å². The molecule has 0 unspecified atom stereocenters. The van der Waals surface area contributed by atoms with Gasteiger partial charge in [-0.15, -0.1) is 0 Å². The molecule has 0 aromatic carbocycles. The maximum absolute atomic E-state index is 13.2. The van der Waals surface area contributed by atoms with E-state index in [1.54, 1.807) is 0 Å². The van der Waals surface area contributed by atoms with Crippen molar-refractivity contribution in [2.24, 2.45) is 0 Å². The second-order valence-corrected chi connectivity index (χ2v) is 26.8. The number of hydrogen-bond donors (Lipinski definition) is 19. The second-order valence-electron chi connectivity index (χ2n) is 17.9. The van der Waals surface area contributed by atoms with Crippen molar-refractivity contribution in [3.05, 3.63) is 0 Å². The van der Waals surface area contributed by atoms with Gasteiger partial charge in [0.2, 0.25) is 0 Å². The van der Waals surface area contributed by atoms with Gasteiger partial charge in [0.05, 0.1) is 30.8 Å². The zero-order valence-corrected chi connectivity index (χ0v) is 49.6. The molecule has 0 aromatic heterocycles. The standard InChI is InChI=1S/C31H53N3O49S8/c1-69-27-9(33-85(48,49)50)13(37)17(6(74-27)3-71-88(57,58)59)76-31-22(83-91(66,67)68)16(40)21(24(81-31)26(43)44)79-29-10(34-86(51,52)53)19(82-90(63,64)65)18(7(75-29)4-72-89(60,61)62)77-30-15(39)14(38)20(23(80-30)25(41)42)78-28-8(32-84(45,46)47)12(36)11(35)5(73-28)2-70-87(54,55)56/h5-24,27-40H,2-4H2,1H3,(H,41,42)(H,43,44)(H,45,46,47)(H,48,49,50)(H,51,52,53)(H,54,55,56)(H,57,58,59)(H,60,61,62)(H,63,64,65)(H,66,67,68)/t5-,6-,7-,8-,9-,10-,11-,12-,13-,14-,15+,16+,17-,18+,19-,20+,21+,22-,23+,24-,27+,28-,29-,30-,31-/m1/s1/i1D3,14D,15D,20D,23D,30D. The number of aliphatic hydroxyl groups is 6. The molecule has 60 heteroatoms. The smallest absolute Gasteiger partial charge is 0.397 e. The summed E-state index contributed by atoms with van der Waals surface area (Å²) < 4.78 is 411. The van der Waals surface area contributed by atoms with Gasteiger partial charge >= 0.3 is 94.8 Å². The van der Waals surface area contributed by atoms with Crippen molar-refractivity contribution in [2.75, 3.05) is 26.9 Å². The largest absolute Gasteiger partial charge is 0.479 e. The minimum absolute atomic E-state index is 0.909. The first-order valence-corrected chi connectivity index (χ1v) is 33.9. The molecule has 0 aliphatic carbocycles. The van der Waals surface area contributed by atoms with Crippen LogP contribution in [0.3, 0.4) is 0 Å². The Morgan fingerprint density at radius 3 is 1.32 bits per heavy atom. The molecule has 0 amide bonds. The average Bonchev–Trinajstić information content (AvgIpc) is 0.675. The molecule has 5 heterocycles. The van der Waals surface area contributed by atoms with Gasteiger partial charge in [-0.3, -0.25) is 36.4 Å². The number of methoxy groups -OCH3 is 1. The van der Waals surface area contributed by atoms with Crippen molar-refractivity contribution in [2.45, 2.75) is 153 Å². The van der Waals surface area contributed by atoms with Crippen LogP contribution < -0.4 is 14.2 Å². The molecular formula is C31H53N3O49S8. The van der Waals surface area contributed by atoms with Crippen LogP contribution in [0, 0.1) is 0 Å². The van der Waals surface area contributed by atoms with Crippen molar-refractivity contribution in [1.82, 2.24) is 14.2 Å². The van der Waals surface area contributed by atoms with Gasteiger partial charge in [-0.2, -0.15) is 81.5 Å². The predicted molar refractivity (Wildman–Crippen MR) is 262 cm³/mol. The van der Waals surface area contributed by atoms with Crippen LogP contribution in [0.4, 0.5) is 0 Å². The SMILES string of the molecule is [2H]C([2H])([2H])O[C@H]1O[C@H](COS(=O)(=O)O)[C@@H](O[C@@H]2O[C@@H](C(=O)O)[C@@H](O[C@H]3O[C@H](COS(=O)(=O)O)[C@H](O[C@]4([2H])O[C@]([2H])(C(=O)O)[C@@]([2H])(O[C@H]5O[C@H](COS(=O)(=O)O)[C@@H](O)[C@H](O)[C@H]5NS(=O)(=O)O)[C@]([2H])(O)[C@]4([2H])O)[C@H](OS(=O)(=O)O)[C@H]3NS(=O)(=O)O)[C@H](O)[C@H]2OS(=O)(=O)O)[C@H](O)[C@H]1NS(=O)(=O)O. The van der Waals surface area contributed by atoms with Gasteiger partial charge in [0.1, 0.15) is 104 Å². The summed E-state index contributed by atoms with van der Waals surface area (Å²) >= 11 is 0. The molecule has 19 N–H and O–H groups in total. The number of carbonyl (C=O) groups is 2. The van der Waals surface area contributed by atoms with E-state index in [1.807, 2.05) is 0 Å². The average molecular weight is 1520 g/mol. The van der Waals surface area contributed by atoms with Crippen LogP contribution in [-0.4, -0.2) is 337 Å². The fourth-order valence-corrected chi connectivity index (χ4v) is 12.0. The van der Waals surface area contributed by atoms with Crippen molar-refractivity contribution in [3.63, 3.8) is 0 Å². The maximum Gasteiger partial charge on any atom is 0.397 e. The van der Waals surface area contributed by atoms with Crippen LogP contribution in [0.1, 0.15) is 11.0 Å². The van der Waals surface area contributed by atoms with Gasteiger partial charge in [-0.05, 0) is 0 Å². The summed E-state index contributed by atoms with van der Waals surface area (Å²) in [4.78, 5) is 26.3. The number of aliphatic carboxylic acids is 2. The molecule has 25 atom stereocenters. The Bertz CT molecular complexity index is 3900. The molecule has 0 bridgehead atoms. The van der Waals surface area contributed by atoms with E-state index in [9.17, 15) is 150 Å². The van der Waals surface area contributed by atoms with Gasteiger partial charge < -0.3 is 88.2 Å². The molecule has 5 saturated heterocycles. The Hall–Kier alpha value is -2.74. The maximum atomic E-state index is 13.2. The Morgan fingerprint density at radius 2 is 0.857 bits per heavy atom. The lowest BCUT2D eigenvalue weighted by atomic mass is 9.94. The quantitative estimate of drug-likeness (QED) is 0.0297. The summed E-state index contributed by atoms with van der Waals surface area (Å²) in [6, 6.07) is -9.48. The van der Waals surface area contributed by atoms with Crippen LogP contribution >= 0.6 is 0 Å². The Balaban J connectivity index is 1.70. The first-order valence-electron chi connectivity index (χ1n) is 26.8. The molecule has 534 valence electrons. The molecule has 91 heavy (non-hydrogen) atoms. The number of carboxylic acids is 2. The third-order valence-corrected chi connectivity index (χ3v) is 15.6. The Kier molecular flexibility index (Phi) is 22.0. The zero-order valence-electron chi connectivity index (χ0n) is 51.1. The third-order valence-electron chi connectivity index (χ3n) is 11.7. The van der Waals surface area contributed by atoms with E-state index < -0.39 is 275 Å². The molecule has 5 rings (SSSR count). The fourth-order valence-electron chi connectivity index (χ4n) is 8.30. The Labute approximate surface area is 520 Å². The number of aliphatic hydroxyl groups excluding tert-OH is 4. The highest BCUT2D eigenvalue weighted by molar-refractivity contribution is 7.84. The molecule has 0 saturated carbocycles. The first-order chi connectivity index (χ1) is 44.1. The van der Waals surface area contributed by atoms with Crippen LogP contribution in [0.5, 0.6) is 0 Å². The number of hydrogen-bond acceptors (Lipinski definition) is 39. The van der Waals surface area contributed by atoms with Crippen molar-refractivity contribution in [3.8, 4) is 0 Å². The number of ether oxygens (including phenoxy) is 10. The predicted octanol–water partition coefficient (Wildman–Crippen LogP) is -13.8. The summed E-state index contributed by atoms with van der Waals surface area (Å²) in [7, 11) is -52.3. The monoisotopic (exact) mass is 1520 g/mol. The van der Waals surface area contributed by atoms with Gasteiger partial charge in [0.15, 0.2) is 49.7 Å². The molecule has 0 spiro atoms. The van der Waals surface area contributed by atoms with Crippen molar-refractivity contribution >= 4 is 94.8 Å². The van der Waals surface area contributed by atoms with E-state index >= 15 is 0 Å². The highest BCUT2D eigenvalue weighted by atomic mass is 32.3. The Morgan fingerprint density at radius 1 is 0.429 bits per heavy atom. The topological polar surface area (TPSA) is 805 Å². The van der Waals surface area contributed by atoms with Crippen LogP contribution in [0.2, 0.25) is 0 Å². The summed E-state index contributed by atoms with van der Waals surface area (Å²) in [6.45, 7) is -5.92. The molecule has 0 radical (unpaired) electrons. The minimum atomic E-state index is -6.67. The zero-order chi connectivity index (χ0) is 76.6. The first kappa shape index (κ1) is 66.9. The van der Waals surface area contributed by atoms with E-state index in [1.165, 1.54) is 0 Å². The van der Waals surface area contributed by atoms with Gasteiger partial charge in [-0.1, -0.05) is 0 Å². The van der Waals surface area contributed by atoms with E-state index in [4.69, 9.17) is 53.4 Å². The van der Waals surface area contributed by atoms with Crippen LogP contribution in [0.25, 0.3) is 0 Å². The molecule has 0 aromatic rings. The lowest BCUT2D eigenvalue weighted by Gasteiger charge is -2.50. The highest BCUT2D eigenvalue weighted by Gasteiger charge is 2.61. The molecule has 5 aliphatic rings. The van der Waals surface area contributed by atoms with E-state index in [0.29, 0.717) is 0 Å². The van der Waals surface area contributed by atoms with Crippen LogP contribution in [-0.2, 0) is 161 Å². The van der Waals surface area contributed by atoms with Gasteiger partial charge in [-0.25, -0.2) is 30.5 Å². The normalized spacial score (nSPS) is 44.1. The number of carboxylic acid groups (broad SMARTS) is 2. The second kappa shape index (κ2) is 29.9. The van der Waals surface area contributed by atoms with E-state index in [0.717, 1.165) is 14.2 Å². The highest BCUT2D eigenvalue weighted by Crippen LogP contribution is 2.39. The lowest BCUT2D eigenvalue weighted by Crippen LogP contribution is -2.71. The summed E-state index contributed by atoms with van der Waals surface area (Å²) in [5.41, 5.74) is 0. The van der Waals surface area contributed by atoms with Crippen molar-refractivity contribution < 1.29 is 233 Å². The van der Waals surface area contributed by atoms with Gasteiger partial charge in [0, 0.05) is 7.04 Å². The third kappa shape index (κ3) is 22.9. The summed E-state index contributed by atoms with van der Waals surface area (Å²) in [5, 5.41) is 89.1. The summed E-state index contributed by atoms with van der Waals surface area (Å²) in [6.07, 6.45) is -81.7.